The van der Waals surface area contributed by atoms with Crippen LogP contribution in [0.15, 0.2) is 32.6 Å². The van der Waals surface area contributed by atoms with Gasteiger partial charge in [0, 0.05) is 12.1 Å². The number of rotatable bonds is 5. The highest BCUT2D eigenvalue weighted by Gasteiger charge is 2.23. The van der Waals surface area contributed by atoms with Crippen LogP contribution >= 0.6 is 0 Å². The molecule has 0 radical (unpaired) electrons. The van der Waals surface area contributed by atoms with Crippen LogP contribution in [0.1, 0.15) is 20.8 Å². The minimum Gasteiger partial charge on any atom is -0.504 e. The highest BCUT2D eigenvalue weighted by Crippen LogP contribution is 2.32. The highest BCUT2D eigenvalue weighted by molar-refractivity contribution is 5.88. The Morgan fingerprint density at radius 3 is 2.44 bits per heavy atom. The van der Waals surface area contributed by atoms with E-state index >= 15 is 0 Å². The lowest BCUT2D eigenvalue weighted by molar-refractivity contribution is -0.374. The maximum Gasteiger partial charge on any atom is 0.439 e. The topological polar surface area (TPSA) is 120 Å². The van der Waals surface area contributed by atoms with Crippen molar-refractivity contribution in [2.75, 3.05) is 6.61 Å². The summed E-state index contributed by atoms with van der Waals surface area (Å²) >= 11 is 0. The molecule has 3 aromatic rings. The summed E-state index contributed by atoms with van der Waals surface area (Å²) in [5, 5.41) is 10.1. The van der Waals surface area contributed by atoms with Crippen LogP contribution in [-0.2, 0) is 13.1 Å². The number of nitrogens with one attached hydrogen (secondary N) is 2. The Morgan fingerprint density at radius 2 is 1.81 bits per heavy atom. The van der Waals surface area contributed by atoms with E-state index in [0.717, 1.165) is 4.57 Å². The van der Waals surface area contributed by atoms with Gasteiger partial charge in [-0.2, -0.15) is 0 Å². The van der Waals surface area contributed by atoms with Crippen molar-refractivity contribution in [2.45, 2.75) is 33.9 Å². The monoisotopic (exact) mass is 373 g/mol. The smallest absolute Gasteiger partial charge is 0.439 e. The summed E-state index contributed by atoms with van der Waals surface area (Å²) in [6, 6.07) is 4.54. The molecule has 3 rings (SSSR count). The van der Waals surface area contributed by atoms with E-state index in [4.69, 9.17) is 4.74 Å². The van der Waals surface area contributed by atoms with E-state index < -0.39 is 16.9 Å². The standard InChI is InChI=1S/C18H20N4O5/c1-4-21-15-13(16(24)22(5-2)18(21)26)14(19-17(25)20-15)10-7-8-11(23)12(9-10)27-6-3/h7-9,23H,4-6H2,1-3H3,(H,19,20,25)/p+1. The molecule has 27 heavy (non-hydrogen) atoms. The third kappa shape index (κ3) is 3.01. The third-order valence-electron chi connectivity index (χ3n) is 4.33. The summed E-state index contributed by atoms with van der Waals surface area (Å²) in [4.78, 5) is 42.9. The van der Waals surface area contributed by atoms with Crippen molar-refractivity contribution in [3.8, 4) is 22.8 Å². The van der Waals surface area contributed by atoms with Crippen LogP contribution in [0.3, 0.4) is 0 Å². The van der Waals surface area contributed by atoms with Crippen molar-refractivity contribution in [3.05, 3.63) is 49.5 Å². The van der Waals surface area contributed by atoms with Gasteiger partial charge < -0.3 is 9.84 Å². The first-order chi connectivity index (χ1) is 12.9. The maximum absolute atomic E-state index is 13.0. The second-order valence-corrected chi connectivity index (χ2v) is 5.87. The molecule has 0 bridgehead atoms. The number of aromatic amines is 2. The van der Waals surface area contributed by atoms with E-state index in [1.165, 1.54) is 10.6 Å². The van der Waals surface area contributed by atoms with E-state index in [9.17, 15) is 19.5 Å². The fourth-order valence-corrected chi connectivity index (χ4v) is 3.10. The summed E-state index contributed by atoms with van der Waals surface area (Å²) in [6.07, 6.45) is 0. The lowest BCUT2D eigenvalue weighted by atomic mass is 10.1. The molecule has 2 aromatic heterocycles. The number of benzene rings is 1. The van der Waals surface area contributed by atoms with Crippen LogP contribution < -0.4 is 26.7 Å². The first-order valence-electron chi connectivity index (χ1n) is 8.72. The van der Waals surface area contributed by atoms with Gasteiger partial charge in [0.15, 0.2) is 16.9 Å². The molecule has 3 N–H and O–H groups in total. The summed E-state index contributed by atoms with van der Waals surface area (Å²) in [5.74, 6) is 0.183. The minimum absolute atomic E-state index is 0.0498. The highest BCUT2D eigenvalue weighted by atomic mass is 16.5. The van der Waals surface area contributed by atoms with Crippen molar-refractivity contribution in [1.29, 1.82) is 0 Å². The van der Waals surface area contributed by atoms with Crippen LogP contribution in [0.25, 0.3) is 22.3 Å². The molecule has 0 amide bonds. The van der Waals surface area contributed by atoms with Gasteiger partial charge in [-0.15, -0.1) is 0 Å². The number of hydrogen-bond donors (Lipinski definition) is 2. The molecular weight excluding hydrogens is 352 g/mol. The van der Waals surface area contributed by atoms with Crippen molar-refractivity contribution in [2.24, 2.45) is 0 Å². The van der Waals surface area contributed by atoms with Crippen molar-refractivity contribution in [3.63, 3.8) is 0 Å². The summed E-state index contributed by atoms with van der Waals surface area (Å²) in [6.45, 7) is 6.07. The molecule has 0 aliphatic rings. The molecule has 2 heterocycles. The SMILES string of the molecule is CCOc1cc(-c2[nH]c(=O)[nH+]c3c2c(=O)n(CC)c(=O)n3CC)ccc1O. The zero-order valence-electron chi connectivity index (χ0n) is 15.3. The third-order valence-corrected chi connectivity index (χ3v) is 4.33. The molecular formula is C18H21N4O5+. The number of hydrogen-bond acceptors (Lipinski definition) is 5. The molecule has 0 spiro atoms. The molecule has 9 heteroatoms. The Morgan fingerprint density at radius 1 is 1.11 bits per heavy atom. The molecule has 0 saturated carbocycles. The quantitative estimate of drug-likeness (QED) is 0.674. The number of H-pyrrole nitrogens is 2. The first-order valence-corrected chi connectivity index (χ1v) is 8.72. The van der Waals surface area contributed by atoms with Gasteiger partial charge >= 0.3 is 11.4 Å². The maximum atomic E-state index is 13.0. The molecule has 0 fully saturated rings. The van der Waals surface area contributed by atoms with Crippen LogP contribution in [-0.4, -0.2) is 25.8 Å². The zero-order chi connectivity index (χ0) is 19.7. The molecule has 0 saturated heterocycles. The molecule has 9 nitrogen and oxygen atoms in total. The van der Waals surface area contributed by atoms with Gasteiger partial charge in [0.1, 0.15) is 5.69 Å². The minimum atomic E-state index is -0.557. The zero-order valence-corrected chi connectivity index (χ0v) is 15.3. The number of aryl methyl sites for hydroxylation is 1. The van der Waals surface area contributed by atoms with Gasteiger partial charge in [-0.05, 0) is 39.0 Å². The second-order valence-electron chi connectivity index (χ2n) is 5.87. The van der Waals surface area contributed by atoms with Gasteiger partial charge in [0.25, 0.3) is 5.56 Å². The lowest BCUT2D eigenvalue weighted by Gasteiger charge is -2.10. The average Bonchev–Trinajstić information content (AvgIpc) is 2.63. The fourth-order valence-electron chi connectivity index (χ4n) is 3.10. The van der Waals surface area contributed by atoms with Gasteiger partial charge in [0.2, 0.25) is 5.65 Å². The number of fused-ring (bicyclic) bond motifs is 1. The lowest BCUT2D eigenvalue weighted by Crippen LogP contribution is -2.45. The van der Waals surface area contributed by atoms with E-state index in [-0.39, 0.29) is 41.3 Å². The molecule has 142 valence electrons. The number of ether oxygens (including phenoxy) is 1. The van der Waals surface area contributed by atoms with Gasteiger partial charge in [-0.25, -0.2) is 28.7 Å². The van der Waals surface area contributed by atoms with Crippen molar-refractivity contribution < 1.29 is 14.8 Å². The Labute approximate surface area is 153 Å². The predicted octanol–water partition coefficient (Wildman–Crippen LogP) is 0.477. The normalized spacial score (nSPS) is 11.1. The Kier molecular flexibility index (Phi) is 4.85. The summed E-state index contributed by atoms with van der Waals surface area (Å²) in [7, 11) is 0. The van der Waals surface area contributed by atoms with Crippen LogP contribution in [0.2, 0.25) is 0 Å². The molecule has 0 unspecified atom stereocenters. The van der Waals surface area contributed by atoms with Gasteiger partial charge in [-0.3, -0.25) is 4.79 Å². The fraction of sp³-hybridized carbons (Fsp3) is 0.333. The van der Waals surface area contributed by atoms with E-state index in [0.29, 0.717) is 12.2 Å². The molecule has 0 aliphatic heterocycles. The van der Waals surface area contributed by atoms with E-state index in [1.807, 2.05) is 0 Å². The Hall–Kier alpha value is -3.36. The predicted molar refractivity (Wildman–Crippen MR) is 99.3 cm³/mol. The number of aromatic nitrogens is 4. The van der Waals surface area contributed by atoms with Crippen molar-refractivity contribution in [1.82, 2.24) is 14.1 Å². The molecule has 0 atom stereocenters. The van der Waals surface area contributed by atoms with Crippen LogP contribution in [0.5, 0.6) is 11.5 Å². The van der Waals surface area contributed by atoms with Crippen LogP contribution in [0.4, 0.5) is 0 Å². The summed E-state index contributed by atoms with van der Waals surface area (Å²) in [5.41, 5.74) is -0.653. The first kappa shape index (κ1) is 18.4. The second kappa shape index (κ2) is 7.10. The average molecular weight is 373 g/mol. The Bertz CT molecular complexity index is 1190. The van der Waals surface area contributed by atoms with Crippen LogP contribution in [0, 0.1) is 0 Å². The summed E-state index contributed by atoms with van der Waals surface area (Å²) < 4.78 is 7.86. The number of phenols is 1. The number of nitrogens with zero attached hydrogens (tertiary/aromatic N) is 2. The van der Waals surface area contributed by atoms with Gasteiger partial charge in [0.05, 0.1) is 13.2 Å². The largest absolute Gasteiger partial charge is 0.504 e. The number of phenolic OH excluding ortho intramolecular Hbond substituents is 1. The Balaban J connectivity index is 2.48. The van der Waals surface area contributed by atoms with E-state index in [1.54, 1.807) is 32.9 Å². The number of aromatic hydroxyl groups is 1. The van der Waals surface area contributed by atoms with Gasteiger partial charge in [-0.1, -0.05) is 0 Å². The molecule has 0 aliphatic carbocycles. The van der Waals surface area contributed by atoms with E-state index in [2.05, 4.69) is 9.97 Å². The molecule has 1 aromatic carbocycles. The van der Waals surface area contributed by atoms with Crippen molar-refractivity contribution >= 4 is 11.0 Å².